The van der Waals surface area contributed by atoms with Gasteiger partial charge in [0.15, 0.2) is 5.69 Å². The van der Waals surface area contributed by atoms with Crippen molar-refractivity contribution in [2.45, 2.75) is 13.1 Å². The number of aromatic nitrogens is 5. The molecule has 24 heavy (non-hydrogen) atoms. The van der Waals surface area contributed by atoms with Crippen LogP contribution in [0.15, 0.2) is 30.3 Å². The molecule has 0 spiro atoms. The number of aromatic carboxylic acids is 1. The molecule has 4 rings (SSSR count). The molecule has 0 aliphatic carbocycles. The van der Waals surface area contributed by atoms with Crippen molar-refractivity contribution in [1.82, 2.24) is 29.7 Å². The summed E-state index contributed by atoms with van der Waals surface area (Å²) in [5.41, 5.74) is 1.93. The van der Waals surface area contributed by atoms with Crippen LogP contribution in [0.25, 0.3) is 11.0 Å². The first kappa shape index (κ1) is 14.4. The Kier molecular flexibility index (Phi) is 3.26. The summed E-state index contributed by atoms with van der Waals surface area (Å²) in [6.07, 6.45) is 0. The number of carboxylic acids is 1. The topological polar surface area (TPSA) is 106 Å². The van der Waals surface area contributed by atoms with Gasteiger partial charge in [-0.25, -0.2) is 9.48 Å². The molecule has 1 aliphatic heterocycles. The lowest BCUT2D eigenvalue weighted by atomic mass is 10.2. The van der Waals surface area contributed by atoms with Gasteiger partial charge in [0.2, 0.25) is 0 Å². The molecule has 9 nitrogen and oxygen atoms in total. The van der Waals surface area contributed by atoms with Gasteiger partial charge in [0.25, 0.3) is 5.91 Å². The van der Waals surface area contributed by atoms with Gasteiger partial charge in [-0.05, 0) is 12.1 Å². The summed E-state index contributed by atoms with van der Waals surface area (Å²) in [5, 5.41) is 21.1. The summed E-state index contributed by atoms with van der Waals surface area (Å²) in [7, 11) is 0. The third kappa shape index (κ3) is 2.30. The van der Waals surface area contributed by atoms with Gasteiger partial charge in [0.05, 0.1) is 18.6 Å². The first-order valence-electron chi connectivity index (χ1n) is 7.52. The van der Waals surface area contributed by atoms with Crippen molar-refractivity contribution in [1.29, 1.82) is 0 Å². The van der Waals surface area contributed by atoms with Gasteiger partial charge in [-0.3, -0.25) is 9.48 Å². The summed E-state index contributed by atoms with van der Waals surface area (Å²) in [6, 6.07) is 8.96. The van der Waals surface area contributed by atoms with Crippen LogP contribution >= 0.6 is 0 Å². The number of benzene rings is 1. The van der Waals surface area contributed by atoms with Crippen LogP contribution < -0.4 is 0 Å². The zero-order valence-corrected chi connectivity index (χ0v) is 12.7. The number of carbonyl (C=O) groups excluding carboxylic acids is 1. The van der Waals surface area contributed by atoms with E-state index in [-0.39, 0.29) is 11.6 Å². The van der Waals surface area contributed by atoms with Gasteiger partial charge in [0, 0.05) is 19.2 Å². The van der Waals surface area contributed by atoms with E-state index in [0.717, 1.165) is 11.0 Å². The highest BCUT2D eigenvalue weighted by Crippen LogP contribution is 2.15. The Morgan fingerprint density at radius 1 is 1.21 bits per heavy atom. The Morgan fingerprint density at radius 3 is 2.88 bits per heavy atom. The maximum absolute atomic E-state index is 12.5. The van der Waals surface area contributed by atoms with Crippen LogP contribution in [0.2, 0.25) is 0 Å². The minimum absolute atomic E-state index is 0.109. The number of nitrogens with zero attached hydrogens (tertiary/aromatic N) is 6. The van der Waals surface area contributed by atoms with Crippen molar-refractivity contribution in [3.05, 3.63) is 41.7 Å². The molecule has 122 valence electrons. The molecule has 1 amide bonds. The van der Waals surface area contributed by atoms with Crippen LogP contribution in [-0.2, 0) is 13.1 Å². The van der Waals surface area contributed by atoms with Crippen LogP contribution in [0.4, 0.5) is 0 Å². The normalized spacial score (nSPS) is 14.2. The van der Waals surface area contributed by atoms with E-state index in [4.69, 9.17) is 5.11 Å². The van der Waals surface area contributed by atoms with Crippen molar-refractivity contribution in [3.8, 4) is 0 Å². The molecule has 0 atom stereocenters. The zero-order valence-electron chi connectivity index (χ0n) is 12.7. The van der Waals surface area contributed by atoms with Gasteiger partial charge < -0.3 is 10.0 Å². The second-order valence-electron chi connectivity index (χ2n) is 5.54. The number of para-hydroxylation sites is 1. The smallest absolute Gasteiger partial charge is 0.356 e. The molecule has 0 saturated carbocycles. The van der Waals surface area contributed by atoms with Crippen molar-refractivity contribution in [2.75, 3.05) is 13.1 Å². The van der Waals surface area contributed by atoms with Gasteiger partial charge in [-0.15, -0.1) is 5.10 Å². The number of carboxylic acid groups (broad SMARTS) is 1. The highest BCUT2D eigenvalue weighted by molar-refractivity contribution is 5.96. The third-order valence-corrected chi connectivity index (χ3v) is 4.09. The molecule has 3 aromatic rings. The van der Waals surface area contributed by atoms with Crippen molar-refractivity contribution in [3.63, 3.8) is 0 Å². The Hall–Kier alpha value is -3.23. The van der Waals surface area contributed by atoms with Crippen LogP contribution in [0.3, 0.4) is 0 Å². The minimum Gasteiger partial charge on any atom is -0.476 e. The molecule has 1 aromatic carbocycles. The molecule has 9 heteroatoms. The molecule has 0 unspecified atom stereocenters. The fourth-order valence-electron chi connectivity index (χ4n) is 2.85. The molecule has 3 heterocycles. The summed E-state index contributed by atoms with van der Waals surface area (Å²) in [6.45, 7) is 1.96. The van der Waals surface area contributed by atoms with Crippen LogP contribution in [0, 0.1) is 0 Å². The summed E-state index contributed by atoms with van der Waals surface area (Å²) in [4.78, 5) is 25.2. The molecule has 0 fully saturated rings. The average Bonchev–Trinajstić information content (AvgIpc) is 3.19. The van der Waals surface area contributed by atoms with Gasteiger partial charge >= 0.3 is 5.97 Å². The summed E-state index contributed by atoms with van der Waals surface area (Å²) >= 11 is 0. The Labute approximate surface area is 136 Å². The Morgan fingerprint density at radius 2 is 2.04 bits per heavy atom. The average molecular weight is 326 g/mol. The first-order chi connectivity index (χ1) is 11.6. The predicted octanol–water partition coefficient (Wildman–Crippen LogP) is 0.482. The third-order valence-electron chi connectivity index (χ3n) is 4.09. The quantitative estimate of drug-likeness (QED) is 0.747. The fourth-order valence-corrected chi connectivity index (χ4v) is 2.85. The van der Waals surface area contributed by atoms with Gasteiger partial charge in [0.1, 0.15) is 11.2 Å². The number of rotatable bonds is 4. The lowest BCUT2D eigenvalue weighted by Gasteiger charge is -2.27. The highest BCUT2D eigenvalue weighted by Gasteiger charge is 2.27. The number of amides is 1. The van der Waals surface area contributed by atoms with Crippen molar-refractivity contribution >= 4 is 22.9 Å². The van der Waals surface area contributed by atoms with Crippen LogP contribution in [0.1, 0.15) is 21.0 Å². The maximum Gasteiger partial charge on any atom is 0.356 e. The Balaban J connectivity index is 1.51. The molecule has 0 saturated heterocycles. The van der Waals surface area contributed by atoms with E-state index in [1.165, 1.54) is 10.7 Å². The summed E-state index contributed by atoms with van der Waals surface area (Å²) in [5.74, 6) is -1.35. The second kappa shape index (κ2) is 5.44. The zero-order chi connectivity index (χ0) is 16.7. The monoisotopic (exact) mass is 326 g/mol. The predicted molar refractivity (Wildman–Crippen MR) is 82.6 cm³/mol. The number of hydrogen-bond acceptors (Lipinski definition) is 5. The molecule has 1 aliphatic rings. The van der Waals surface area contributed by atoms with E-state index in [1.807, 2.05) is 24.3 Å². The lowest BCUT2D eigenvalue weighted by molar-refractivity contribution is 0.0674. The molecule has 0 bridgehead atoms. The SMILES string of the molecule is O=C(O)c1cc2n(n1)CCN(CCn1nnc3ccccc31)C2=O. The van der Waals surface area contributed by atoms with E-state index < -0.39 is 5.97 Å². The van der Waals surface area contributed by atoms with Crippen molar-refractivity contribution in [2.24, 2.45) is 0 Å². The first-order valence-corrected chi connectivity index (χ1v) is 7.52. The summed E-state index contributed by atoms with van der Waals surface area (Å²) < 4.78 is 3.21. The number of fused-ring (bicyclic) bond motifs is 2. The number of carbonyl (C=O) groups is 2. The lowest BCUT2D eigenvalue weighted by Crippen LogP contribution is -2.42. The van der Waals surface area contributed by atoms with E-state index >= 15 is 0 Å². The molecular formula is C15H14N6O3. The van der Waals surface area contributed by atoms with Gasteiger partial charge in [-0.2, -0.15) is 5.10 Å². The maximum atomic E-state index is 12.5. The second-order valence-corrected chi connectivity index (χ2v) is 5.54. The highest BCUT2D eigenvalue weighted by atomic mass is 16.4. The standard InChI is InChI=1S/C15H14N6O3/c22-14-13-9-11(15(23)24)17-20(13)7-5-19(14)6-8-21-12-4-2-1-3-10(12)16-18-21/h1-4,9H,5-8H2,(H,23,24). The Bertz CT molecular complexity index is 944. The van der Waals surface area contributed by atoms with Crippen molar-refractivity contribution < 1.29 is 14.7 Å². The van der Waals surface area contributed by atoms with Gasteiger partial charge in [-0.1, -0.05) is 17.3 Å². The van der Waals surface area contributed by atoms with E-state index in [1.54, 1.807) is 9.58 Å². The minimum atomic E-state index is -1.13. The molecule has 2 aromatic heterocycles. The van der Waals surface area contributed by atoms with E-state index in [0.29, 0.717) is 31.9 Å². The molecule has 1 N–H and O–H groups in total. The number of hydrogen-bond donors (Lipinski definition) is 1. The van der Waals surface area contributed by atoms with E-state index in [9.17, 15) is 9.59 Å². The van der Waals surface area contributed by atoms with E-state index in [2.05, 4.69) is 15.4 Å². The largest absolute Gasteiger partial charge is 0.476 e. The molecular weight excluding hydrogens is 312 g/mol. The van der Waals surface area contributed by atoms with Crippen LogP contribution in [-0.4, -0.2) is 59.7 Å². The van der Waals surface area contributed by atoms with Crippen LogP contribution in [0.5, 0.6) is 0 Å². The fraction of sp³-hybridized carbons (Fsp3) is 0.267. The molecule has 0 radical (unpaired) electrons.